The molecule has 3 aromatic heterocycles. The Hall–Kier alpha value is -12.8. The molecule has 3 atom stereocenters. The van der Waals surface area contributed by atoms with Crippen LogP contribution in [0.25, 0.3) is 102 Å². The van der Waals surface area contributed by atoms with Gasteiger partial charge < -0.3 is 44.8 Å². The largest absolute Gasteiger partial charge is 0.507 e. The number of phenols is 6. The third-order valence-electron chi connectivity index (χ3n) is 22.0. The number of ether oxygens (including phenoxy) is 3. The van der Waals surface area contributed by atoms with E-state index in [-0.39, 0.29) is 87.4 Å². The molecule has 21 heteroatoms. The number of para-hydroxylation sites is 6. The van der Waals surface area contributed by atoms with Crippen molar-refractivity contribution in [3.63, 3.8) is 0 Å². The minimum atomic E-state index is -0.359. The molecule has 3 heterocycles. The molecule has 0 saturated heterocycles. The van der Waals surface area contributed by atoms with Crippen LogP contribution in [0.4, 0.5) is 0 Å². The van der Waals surface area contributed by atoms with Crippen LogP contribution in [0.1, 0.15) is 228 Å². The van der Waals surface area contributed by atoms with Gasteiger partial charge in [-0.15, -0.1) is 0 Å². The Labute approximate surface area is 736 Å². The highest BCUT2D eigenvalue weighted by Gasteiger charge is 2.24. The van der Waals surface area contributed by atoms with Gasteiger partial charge in [-0.05, 0) is 171 Å². The first-order chi connectivity index (χ1) is 60.7. The van der Waals surface area contributed by atoms with Gasteiger partial charge in [0.15, 0.2) is 52.4 Å². The smallest absolute Gasteiger partial charge is 0.338 e. The number of carbonyl (C=O) groups excluding carboxylic acids is 3. The molecule has 0 radical (unpaired) electrons. The Kier molecular flexibility index (Phi) is 37.4. The molecule has 6 N–H and O–H groups in total. The summed E-state index contributed by atoms with van der Waals surface area (Å²) in [6, 6.07) is 61.7. The quantitative estimate of drug-likeness (QED) is 0.0118. The van der Waals surface area contributed by atoms with E-state index in [4.69, 9.17) is 14.2 Å². The van der Waals surface area contributed by atoms with Gasteiger partial charge in [0.1, 0.15) is 34.5 Å². The first-order valence-corrected chi connectivity index (χ1v) is 44.5. The standard InChI is InChI=1S/C38H47N3O4.C36H43N3O4.C30H31N3O4/c1-3-5-7-9-10-12-18-28(17-11-8-6-4-2)27-45-38(44)30-25-23-29(24-26-30)35-39-36(31-19-13-15-21-33(31)42)41-37(40-35)32-20-14-16-22-34(32)43;1-24(2)11-5-6-12-26(18-17-25(3)4)23-43-36(42)28-21-19-27(20-22-28)33-37-34(29-13-7-9-15-31(29)40)39-35(38-33)30-14-8-10-16-32(30)41;1-3-5-10-20(4-2)19-37-30(36)22-17-15-21(16-18-22)27-31-28(23-11-6-8-13-25(23)34)33-29(32-27)24-12-7-9-14-26(24)35/h13-16,19-26,28,42-43H,3-12,17-18,27H2,1-2H3;7-10,13-16,19-22,24-26,40-41H,5-6,11-12,17-18,23H2,1-4H3;6-9,11-18,20,34-35H,3-5,10,19H2,1-2H3. The highest BCUT2D eigenvalue weighted by Crippen LogP contribution is 2.38. The van der Waals surface area contributed by atoms with Crippen molar-refractivity contribution >= 4 is 17.9 Å². The van der Waals surface area contributed by atoms with Gasteiger partial charge in [0.05, 0.1) is 69.9 Å². The molecular weight excluding hydrogens is 1570 g/mol. The van der Waals surface area contributed by atoms with Crippen LogP contribution < -0.4 is 0 Å². The number of hydrogen-bond donors (Lipinski definition) is 6. The van der Waals surface area contributed by atoms with Crippen LogP contribution in [-0.4, -0.2) is 113 Å². The number of carbonyl (C=O) groups is 3. The summed E-state index contributed by atoms with van der Waals surface area (Å²) in [7, 11) is 0. The minimum Gasteiger partial charge on any atom is -0.507 e. The molecule has 12 rings (SSSR count). The second-order valence-corrected chi connectivity index (χ2v) is 32.8. The summed E-state index contributed by atoms with van der Waals surface area (Å²) in [6.45, 7) is 19.0. The van der Waals surface area contributed by atoms with Crippen molar-refractivity contribution in [1.82, 2.24) is 44.9 Å². The van der Waals surface area contributed by atoms with Gasteiger partial charge in [0.25, 0.3) is 0 Å². The maximum Gasteiger partial charge on any atom is 0.338 e. The molecule has 21 nitrogen and oxygen atoms in total. The molecule has 9 aromatic carbocycles. The second kappa shape index (κ2) is 49.5. The molecule has 654 valence electrons. The molecule has 0 spiro atoms. The number of unbranched alkanes of at least 4 members (excludes halogenated alkanes) is 10. The van der Waals surface area contributed by atoms with E-state index >= 15 is 0 Å². The minimum absolute atomic E-state index is 0.0327. The highest BCUT2D eigenvalue weighted by molar-refractivity contribution is 5.91. The van der Waals surface area contributed by atoms with Crippen molar-refractivity contribution in [3.8, 4) is 137 Å². The third kappa shape index (κ3) is 28.9. The average Bonchev–Trinajstić information content (AvgIpc) is 0.799. The highest BCUT2D eigenvalue weighted by atomic mass is 16.5. The fourth-order valence-electron chi connectivity index (χ4n) is 14.5. The number of aromatic nitrogens is 9. The van der Waals surface area contributed by atoms with E-state index in [2.05, 4.69) is 100 Å². The van der Waals surface area contributed by atoms with Gasteiger partial charge in [-0.2, -0.15) is 0 Å². The topological polar surface area (TPSA) is 316 Å². The predicted molar refractivity (Wildman–Crippen MR) is 494 cm³/mol. The lowest BCUT2D eigenvalue weighted by atomic mass is 9.93. The van der Waals surface area contributed by atoms with Crippen molar-refractivity contribution in [2.24, 2.45) is 29.6 Å². The van der Waals surface area contributed by atoms with Gasteiger partial charge >= 0.3 is 17.9 Å². The van der Waals surface area contributed by atoms with Gasteiger partial charge in [0.2, 0.25) is 0 Å². The molecule has 0 bridgehead atoms. The molecule has 0 aliphatic rings. The Morgan fingerprint density at radius 2 is 0.472 bits per heavy atom. The number of esters is 3. The SMILES string of the molecule is CC(C)CCCCC(CCC(C)C)COC(=O)c1ccc(-c2nc(-c3ccccc3O)nc(-c3ccccc3O)n2)cc1.CCCCC(CC)COC(=O)c1ccc(-c2nc(-c3ccccc3O)nc(-c3ccccc3O)n2)cc1.CCCCCCCCC(CCCCCC)COC(=O)c1ccc(-c2nc(-c3ccccc3O)nc(-c3ccccc3O)n2)cc1. The number of benzene rings is 9. The van der Waals surface area contributed by atoms with E-state index in [1.807, 2.05) is 0 Å². The van der Waals surface area contributed by atoms with Crippen molar-refractivity contribution < 1.29 is 59.2 Å². The van der Waals surface area contributed by atoms with E-state index in [0.717, 1.165) is 64.2 Å². The molecular formula is C104H121N9O12. The van der Waals surface area contributed by atoms with Crippen molar-refractivity contribution in [3.05, 3.63) is 235 Å². The summed E-state index contributed by atoms with van der Waals surface area (Å²) in [5.41, 5.74) is 6.03. The molecule has 0 saturated carbocycles. The predicted octanol–water partition coefficient (Wildman–Crippen LogP) is 25.1. The second-order valence-electron chi connectivity index (χ2n) is 32.8. The number of hydrogen-bond acceptors (Lipinski definition) is 21. The summed E-state index contributed by atoms with van der Waals surface area (Å²) in [5.74, 6) is 4.30. The Morgan fingerprint density at radius 1 is 0.248 bits per heavy atom. The maximum atomic E-state index is 13.1. The van der Waals surface area contributed by atoms with E-state index in [1.54, 1.807) is 218 Å². The van der Waals surface area contributed by atoms with Crippen LogP contribution in [0, 0.1) is 29.6 Å². The summed E-state index contributed by atoms with van der Waals surface area (Å²) in [5, 5.41) is 62.7. The van der Waals surface area contributed by atoms with Gasteiger partial charge in [0, 0.05) is 16.7 Å². The molecule has 0 fully saturated rings. The normalized spacial score (nSPS) is 11.9. The Balaban J connectivity index is 0.000000197. The lowest BCUT2D eigenvalue weighted by Crippen LogP contribution is -2.15. The van der Waals surface area contributed by atoms with Crippen LogP contribution in [0.15, 0.2) is 218 Å². The van der Waals surface area contributed by atoms with Crippen LogP contribution in [0.5, 0.6) is 34.5 Å². The lowest BCUT2D eigenvalue weighted by Gasteiger charge is -2.18. The molecule has 0 amide bonds. The van der Waals surface area contributed by atoms with E-state index < -0.39 is 0 Å². The van der Waals surface area contributed by atoms with E-state index in [0.29, 0.717) is 134 Å². The van der Waals surface area contributed by atoms with Gasteiger partial charge in [-0.3, -0.25) is 0 Å². The lowest BCUT2D eigenvalue weighted by molar-refractivity contribution is 0.0412. The summed E-state index contributed by atoms with van der Waals surface area (Å²) >= 11 is 0. The van der Waals surface area contributed by atoms with Crippen molar-refractivity contribution in [2.45, 2.75) is 197 Å². The van der Waals surface area contributed by atoms with Crippen molar-refractivity contribution in [1.29, 1.82) is 0 Å². The van der Waals surface area contributed by atoms with Crippen molar-refractivity contribution in [2.75, 3.05) is 19.8 Å². The molecule has 12 aromatic rings. The Morgan fingerprint density at radius 3 is 0.744 bits per heavy atom. The Bertz CT molecular complexity index is 5190. The zero-order valence-corrected chi connectivity index (χ0v) is 73.5. The monoisotopic (exact) mass is 1690 g/mol. The molecule has 0 aliphatic carbocycles. The number of phenolic OH excluding ortho intramolecular Hbond substituents is 6. The zero-order chi connectivity index (χ0) is 88.8. The summed E-state index contributed by atoms with van der Waals surface area (Å²) in [4.78, 5) is 80.0. The fourth-order valence-corrected chi connectivity index (χ4v) is 14.5. The van der Waals surface area contributed by atoms with Crippen LogP contribution >= 0.6 is 0 Å². The first kappa shape index (κ1) is 94.5. The molecule has 3 unspecified atom stereocenters. The maximum absolute atomic E-state index is 13.1. The van der Waals surface area contributed by atoms with Crippen LogP contribution in [-0.2, 0) is 14.2 Å². The number of nitrogens with zero attached hydrogens (tertiary/aromatic N) is 9. The summed E-state index contributed by atoms with van der Waals surface area (Å²) in [6.07, 6.45) is 25.8. The fraction of sp³-hybridized carbons (Fsp3) is 0.365. The van der Waals surface area contributed by atoms with Crippen LogP contribution in [0.2, 0.25) is 0 Å². The van der Waals surface area contributed by atoms with Gasteiger partial charge in [-0.25, -0.2) is 59.2 Å². The zero-order valence-electron chi connectivity index (χ0n) is 73.5. The average molecular weight is 1690 g/mol. The molecule has 125 heavy (non-hydrogen) atoms. The summed E-state index contributed by atoms with van der Waals surface area (Å²) < 4.78 is 17.2. The number of rotatable bonds is 42. The van der Waals surface area contributed by atoms with E-state index in [1.165, 1.54) is 77.0 Å². The van der Waals surface area contributed by atoms with Gasteiger partial charge in [-0.1, -0.05) is 274 Å². The van der Waals surface area contributed by atoms with E-state index in [9.17, 15) is 45.0 Å². The first-order valence-electron chi connectivity index (χ1n) is 44.5. The number of aromatic hydroxyl groups is 6. The van der Waals surface area contributed by atoms with Crippen LogP contribution in [0.3, 0.4) is 0 Å². The molecule has 0 aliphatic heterocycles. The third-order valence-corrected chi connectivity index (χ3v) is 22.0.